The molecule has 0 radical (unpaired) electrons. The van der Waals surface area contributed by atoms with Gasteiger partial charge in [-0.05, 0) is 53.8 Å². The first kappa shape index (κ1) is 16.5. The highest BCUT2D eigenvalue weighted by molar-refractivity contribution is 5.28. The van der Waals surface area contributed by atoms with E-state index in [2.05, 4.69) is 32.6 Å². The van der Waals surface area contributed by atoms with E-state index in [1.165, 1.54) is 18.4 Å². The molecule has 0 N–H and O–H groups in total. The van der Waals surface area contributed by atoms with Crippen molar-refractivity contribution >= 4 is 0 Å². The maximum atomic E-state index is 5.85. The first-order chi connectivity index (χ1) is 12.3. The molecular weight excluding hydrogens is 318 g/mol. The standard InChI is InChI=1S/C18H25N5O2/c1-24-16-5-2-4-14(10-16)11-22(12-17-6-3-9-25-17)13-18-19-20-21-23(18)15-7-8-15/h2,4-5,10,15,17H,3,6-9,11-13H2,1H3. The van der Waals surface area contributed by atoms with Crippen molar-refractivity contribution in [3.05, 3.63) is 35.7 Å². The van der Waals surface area contributed by atoms with Crippen molar-refractivity contribution in [1.82, 2.24) is 25.1 Å². The zero-order chi connectivity index (χ0) is 17.1. The van der Waals surface area contributed by atoms with Crippen LogP contribution < -0.4 is 4.74 Å². The average Bonchev–Trinajstić information content (AvgIpc) is 3.14. The van der Waals surface area contributed by atoms with E-state index in [1.807, 2.05) is 16.8 Å². The molecule has 2 aromatic rings. The van der Waals surface area contributed by atoms with Gasteiger partial charge in [-0.1, -0.05) is 12.1 Å². The number of hydrogen-bond acceptors (Lipinski definition) is 6. The highest BCUT2D eigenvalue weighted by atomic mass is 16.5. The number of tetrazole rings is 1. The van der Waals surface area contributed by atoms with Gasteiger partial charge in [-0.15, -0.1) is 5.10 Å². The maximum absolute atomic E-state index is 5.85. The number of nitrogens with zero attached hydrogens (tertiary/aromatic N) is 5. The summed E-state index contributed by atoms with van der Waals surface area (Å²) in [4.78, 5) is 2.38. The fourth-order valence-electron chi connectivity index (χ4n) is 3.41. The molecule has 1 atom stereocenters. The minimum Gasteiger partial charge on any atom is -0.497 e. The van der Waals surface area contributed by atoms with Crippen LogP contribution in [0.4, 0.5) is 0 Å². The Morgan fingerprint density at radius 2 is 2.20 bits per heavy atom. The van der Waals surface area contributed by atoms with E-state index in [0.717, 1.165) is 50.7 Å². The molecule has 134 valence electrons. The normalized spacial score (nSPS) is 20.3. The van der Waals surface area contributed by atoms with E-state index >= 15 is 0 Å². The van der Waals surface area contributed by atoms with Crippen LogP contribution in [-0.4, -0.2) is 51.5 Å². The predicted octanol–water partition coefficient (Wildman–Crippen LogP) is 2.20. The van der Waals surface area contributed by atoms with E-state index in [-0.39, 0.29) is 0 Å². The molecule has 7 heteroatoms. The lowest BCUT2D eigenvalue weighted by Gasteiger charge is -2.25. The molecule has 1 aliphatic carbocycles. The van der Waals surface area contributed by atoms with Gasteiger partial charge in [0.2, 0.25) is 0 Å². The van der Waals surface area contributed by atoms with Crippen LogP contribution in [0.5, 0.6) is 5.75 Å². The van der Waals surface area contributed by atoms with Crippen molar-refractivity contribution in [3.8, 4) is 5.75 Å². The molecule has 1 saturated heterocycles. The van der Waals surface area contributed by atoms with Gasteiger partial charge in [0, 0.05) is 19.7 Å². The third-order valence-electron chi connectivity index (χ3n) is 4.84. The zero-order valence-corrected chi connectivity index (χ0v) is 14.7. The van der Waals surface area contributed by atoms with Gasteiger partial charge < -0.3 is 9.47 Å². The Bertz CT molecular complexity index is 694. The highest BCUT2D eigenvalue weighted by Gasteiger charge is 2.29. The number of rotatable bonds is 8. The summed E-state index contributed by atoms with van der Waals surface area (Å²) < 4.78 is 13.2. The van der Waals surface area contributed by atoms with Crippen LogP contribution in [0.3, 0.4) is 0 Å². The van der Waals surface area contributed by atoms with Gasteiger partial charge in [-0.3, -0.25) is 4.90 Å². The molecular formula is C18H25N5O2. The van der Waals surface area contributed by atoms with Gasteiger partial charge in [0.15, 0.2) is 5.82 Å². The van der Waals surface area contributed by atoms with Gasteiger partial charge in [0.05, 0.1) is 25.8 Å². The van der Waals surface area contributed by atoms with Gasteiger partial charge >= 0.3 is 0 Å². The molecule has 0 spiro atoms. The van der Waals surface area contributed by atoms with Gasteiger partial charge in [-0.2, -0.15) is 0 Å². The number of ether oxygens (including phenoxy) is 2. The summed E-state index contributed by atoms with van der Waals surface area (Å²) in [5.74, 6) is 1.83. The molecule has 25 heavy (non-hydrogen) atoms. The number of methoxy groups -OCH3 is 1. The molecule has 4 rings (SSSR count). The van der Waals surface area contributed by atoms with Crippen molar-refractivity contribution < 1.29 is 9.47 Å². The molecule has 2 fully saturated rings. The second-order valence-corrected chi connectivity index (χ2v) is 6.93. The lowest BCUT2D eigenvalue weighted by molar-refractivity contribution is 0.0664. The second-order valence-electron chi connectivity index (χ2n) is 6.93. The molecule has 2 heterocycles. The molecule has 1 aliphatic heterocycles. The van der Waals surface area contributed by atoms with E-state index in [0.29, 0.717) is 12.1 Å². The van der Waals surface area contributed by atoms with Gasteiger partial charge in [-0.25, -0.2) is 4.68 Å². The van der Waals surface area contributed by atoms with E-state index in [9.17, 15) is 0 Å². The Kier molecular flexibility index (Phi) is 4.94. The molecule has 1 unspecified atom stereocenters. The quantitative estimate of drug-likeness (QED) is 0.732. The monoisotopic (exact) mass is 343 g/mol. The molecule has 1 aromatic carbocycles. The summed E-state index contributed by atoms with van der Waals surface area (Å²) in [6, 6.07) is 8.72. The molecule has 0 amide bonds. The van der Waals surface area contributed by atoms with Crippen molar-refractivity contribution in [2.24, 2.45) is 0 Å². The van der Waals surface area contributed by atoms with Gasteiger partial charge in [0.1, 0.15) is 5.75 Å². The molecule has 1 aromatic heterocycles. The lowest BCUT2D eigenvalue weighted by atomic mass is 10.1. The number of hydrogen-bond donors (Lipinski definition) is 0. The minimum atomic E-state index is 0.302. The third kappa shape index (κ3) is 4.16. The van der Waals surface area contributed by atoms with Crippen LogP contribution in [-0.2, 0) is 17.8 Å². The van der Waals surface area contributed by atoms with Crippen LogP contribution in [0, 0.1) is 0 Å². The Balaban J connectivity index is 1.49. The first-order valence-corrected chi connectivity index (χ1v) is 9.05. The molecule has 2 aliphatic rings. The molecule has 7 nitrogen and oxygen atoms in total. The fourth-order valence-corrected chi connectivity index (χ4v) is 3.41. The first-order valence-electron chi connectivity index (χ1n) is 9.05. The largest absolute Gasteiger partial charge is 0.497 e. The fraction of sp³-hybridized carbons (Fsp3) is 0.611. The average molecular weight is 343 g/mol. The molecule has 1 saturated carbocycles. The van der Waals surface area contributed by atoms with Crippen molar-refractivity contribution in [2.75, 3.05) is 20.3 Å². The Hall–Kier alpha value is -1.99. The maximum Gasteiger partial charge on any atom is 0.165 e. The summed E-state index contributed by atoms with van der Waals surface area (Å²) in [5, 5.41) is 12.3. The highest BCUT2D eigenvalue weighted by Crippen LogP contribution is 2.34. The van der Waals surface area contributed by atoms with Crippen LogP contribution in [0.1, 0.15) is 43.1 Å². The van der Waals surface area contributed by atoms with E-state index in [1.54, 1.807) is 7.11 Å². The second kappa shape index (κ2) is 7.49. The predicted molar refractivity (Wildman–Crippen MR) is 92.2 cm³/mol. The van der Waals surface area contributed by atoms with Crippen LogP contribution in [0.2, 0.25) is 0 Å². The summed E-state index contributed by atoms with van der Waals surface area (Å²) in [7, 11) is 1.70. The zero-order valence-electron chi connectivity index (χ0n) is 14.7. The summed E-state index contributed by atoms with van der Waals surface area (Å²) >= 11 is 0. The minimum absolute atomic E-state index is 0.302. The summed E-state index contributed by atoms with van der Waals surface area (Å²) in [6.45, 7) is 3.33. The van der Waals surface area contributed by atoms with Crippen molar-refractivity contribution in [3.63, 3.8) is 0 Å². The number of aromatic nitrogens is 4. The molecule has 0 bridgehead atoms. The van der Waals surface area contributed by atoms with Crippen molar-refractivity contribution in [1.29, 1.82) is 0 Å². The lowest BCUT2D eigenvalue weighted by Crippen LogP contribution is -2.32. The van der Waals surface area contributed by atoms with Crippen LogP contribution in [0.15, 0.2) is 24.3 Å². The summed E-state index contributed by atoms with van der Waals surface area (Å²) in [6.07, 6.45) is 4.94. The topological polar surface area (TPSA) is 65.3 Å². The van der Waals surface area contributed by atoms with Crippen LogP contribution in [0.25, 0.3) is 0 Å². The third-order valence-corrected chi connectivity index (χ3v) is 4.84. The van der Waals surface area contributed by atoms with Crippen molar-refractivity contribution in [2.45, 2.75) is 50.9 Å². The van der Waals surface area contributed by atoms with E-state index < -0.39 is 0 Å². The summed E-state index contributed by atoms with van der Waals surface area (Å²) in [5.41, 5.74) is 1.22. The smallest absolute Gasteiger partial charge is 0.165 e. The van der Waals surface area contributed by atoms with Crippen LogP contribution >= 0.6 is 0 Å². The Morgan fingerprint density at radius 1 is 1.28 bits per heavy atom. The SMILES string of the molecule is COc1cccc(CN(Cc2nnnn2C2CC2)CC2CCCO2)c1. The number of benzene rings is 1. The van der Waals surface area contributed by atoms with E-state index in [4.69, 9.17) is 9.47 Å². The Morgan fingerprint density at radius 3 is 2.96 bits per heavy atom. The Labute approximate surface area is 147 Å². The van der Waals surface area contributed by atoms with Gasteiger partial charge in [0.25, 0.3) is 0 Å².